The fourth-order valence-electron chi connectivity index (χ4n) is 4.65. The van der Waals surface area contributed by atoms with Crippen LogP contribution >= 0.6 is 0 Å². The molecule has 1 aliphatic carbocycles. The number of aromatic hydroxyl groups is 1. The topological polar surface area (TPSA) is 104 Å². The lowest BCUT2D eigenvalue weighted by atomic mass is 9.78. The van der Waals surface area contributed by atoms with Crippen molar-refractivity contribution in [3.63, 3.8) is 0 Å². The lowest BCUT2D eigenvalue weighted by molar-refractivity contribution is 0.0826. The summed E-state index contributed by atoms with van der Waals surface area (Å²) in [5.74, 6) is 0.675. The van der Waals surface area contributed by atoms with Gasteiger partial charge in [0.15, 0.2) is 5.88 Å². The molecule has 0 radical (unpaired) electrons. The molecule has 6 heteroatoms. The molecule has 0 aliphatic heterocycles. The average molecular weight is 477 g/mol. The molecule has 0 saturated heterocycles. The number of fused-ring (bicyclic) bond motifs is 1. The number of nitrogens with zero attached hydrogens (tertiary/aromatic N) is 1. The summed E-state index contributed by atoms with van der Waals surface area (Å²) >= 11 is 0. The third-order valence-corrected chi connectivity index (χ3v) is 6.62. The Morgan fingerprint density at radius 1 is 1.23 bits per heavy atom. The first-order chi connectivity index (χ1) is 16.4. The number of rotatable bonds is 8. The second-order valence-electron chi connectivity index (χ2n) is 10.2. The van der Waals surface area contributed by atoms with Gasteiger partial charge in [0.1, 0.15) is 5.84 Å². The van der Waals surface area contributed by atoms with Crippen molar-refractivity contribution in [3.8, 4) is 5.88 Å². The number of benzene rings is 1. The molecule has 0 spiro atoms. The van der Waals surface area contributed by atoms with Crippen molar-refractivity contribution in [3.05, 3.63) is 62.8 Å². The van der Waals surface area contributed by atoms with E-state index in [1.54, 1.807) is 19.9 Å². The number of amidine groups is 1. The standard InChI is InChI=1S/C29H40N4O2/c1-8-20-11-10-17(3)22(13-20)23-15-24-25(14-21(23)9-2)33-28(34)27(24)19(5)32-26(30)12-18(4)31-16-29(6,7)35/h10-15,21,23,30-31,33-35H,8-9,16H2,1-7H3/b18-12-,30-26?,32-19?. The Morgan fingerprint density at radius 2 is 1.94 bits per heavy atom. The Bertz CT molecular complexity index is 1270. The number of aromatic amines is 1. The molecule has 1 aromatic carbocycles. The van der Waals surface area contributed by atoms with E-state index in [-0.39, 0.29) is 17.6 Å². The Labute approximate surface area is 208 Å². The summed E-state index contributed by atoms with van der Waals surface area (Å²) in [4.78, 5) is 7.59. The SMILES string of the molecule is CCc1ccc(C)c(C2C=c3c(C(C)=NC(=N)/C=C(/C)NCC(C)(C)O)c(O)[nH]c3=CC2CC)c1. The Morgan fingerprint density at radius 3 is 2.57 bits per heavy atom. The molecule has 1 aromatic heterocycles. The highest BCUT2D eigenvalue weighted by Gasteiger charge is 2.25. The highest BCUT2D eigenvalue weighted by atomic mass is 16.3. The van der Waals surface area contributed by atoms with Crippen molar-refractivity contribution in [1.29, 1.82) is 5.41 Å². The summed E-state index contributed by atoms with van der Waals surface area (Å²) in [5.41, 5.74) is 5.03. The van der Waals surface area contributed by atoms with Gasteiger partial charge in [-0.05, 0) is 70.1 Å². The summed E-state index contributed by atoms with van der Waals surface area (Å²) in [5, 5.41) is 34.0. The number of nitrogens with one attached hydrogen (secondary N) is 3. The average Bonchev–Trinajstić information content (AvgIpc) is 3.11. The lowest BCUT2D eigenvalue weighted by Gasteiger charge is -2.25. The van der Waals surface area contributed by atoms with Crippen molar-refractivity contribution in [2.75, 3.05) is 6.54 Å². The van der Waals surface area contributed by atoms with Crippen LogP contribution in [0.2, 0.25) is 0 Å². The summed E-state index contributed by atoms with van der Waals surface area (Å²) in [6, 6.07) is 6.71. The van der Waals surface area contributed by atoms with Crippen LogP contribution in [0.5, 0.6) is 5.88 Å². The molecule has 5 N–H and O–H groups in total. The minimum absolute atomic E-state index is 0.0758. The van der Waals surface area contributed by atoms with Gasteiger partial charge in [0.05, 0.1) is 16.9 Å². The van der Waals surface area contributed by atoms with Gasteiger partial charge >= 0.3 is 0 Å². The highest BCUT2D eigenvalue weighted by molar-refractivity contribution is 6.09. The minimum atomic E-state index is -0.847. The Kier molecular flexibility index (Phi) is 8.06. The number of hydrogen-bond donors (Lipinski definition) is 5. The van der Waals surface area contributed by atoms with Gasteiger partial charge in [0.2, 0.25) is 0 Å². The van der Waals surface area contributed by atoms with E-state index in [0.29, 0.717) is 23.7 Å². The van der Waals surface area contributed by atoms with E-state index in [2.05, 4.69) is 66.4 Å². The molecule has 1 heterocycles. The maximum atomic E-state index is 10.8. The third-order valence-electron chi connectivity index (χ3n) is 6.62. The second-order valence-corrected chi connectivity index (χ2v) is 10.2. The van der Waals surface area contributed by atoms with E-state index in [1.807, 2.05) is 13.8 Å². The predicted octanol–water partition coefficient (Wildman–Crippen LogP) is 4.03. The first-order valence-electron chi connectivity index (χ1n) is 12.5. The van der Waals surface area contributed by atoms with Crippen LogP contribution in [0.1, 0.15) is 76.1 Å². The lowest BCUT2D eigenvalue weighted by Crippen LogP contribution is -2.34. The number of H-pyrrole nitrogens is 1. The maximum absolute atomic E-state index is 10.8. The van der Waals surface area contributed by atoms with Gasteiger partial charge in [-0.1, -0.05) is 44.2 Å². The molecule has 1 aliphatic rings. The van der Waals surface area contributed by atoms with Gasteiger partial charge in [-0.15, -0.1) is 0 Å². The maximum Gasteiger partial charge on any atom is 0.198 e. The predicted molar refractivity (Wildman–Crippen MR) is 146 cm³/mol. The van der Waals surface area contributed by atoms with Crippen molar-refractivity contribution in [2.24, 2.45) is 10.9 Å². The van der Waals surface area contributed by atoms with Gasteiger partial charge in [-0.2, -0.15) is 0 Å². The first-order valence-corrected chi connectivity index (χ1v) is 12.5. The van der Waals surface area contributed by atoms with E-state index >= 15 is 0 Å². The fraction of sp³-hybridized carbons (Fsp3) is 0.448. The number of allylic oxidation sites excluding steroid dienone is 1. The molecular weight excluding hydrogens is 436 g/mol. The molecule has 0 saturated carbocycles. The normalized spacial score (nSPS) is 18.5. The number of aliphatic imine (C=N–C) groups is 1. The molecule has 188 valence electrons. The molecule has 35 heavy (non-hydrogen) atoms. The Balaban J connectivity index is 2.02. The fourth-order valence-corrected chi connectivity index (χ4v) is 4.65. The van der Waals surface area contributed by atoms with Gasteiger partial charge in [0.25, 0.3) is 0 Å². The molecule has 0 bridgehead atoms. The van der Waals surface area contributed by atoms with Crippen LogP contribution in [-0.2, 0) is 6.42 Å². The third kappa shape index (κ3) is 6.31. The first kappa shape index (κ1) is 26.5. The molecule has 2 unspecified atom stereocenters. The largest absolute Gasteiger partial charge is 0.494 e. The minimum Gasteiger partial charge on any atom is -0.494 e. The van der Waals surface area contributed by atoms with Crippen LogP contribution in [0.15, 0.2) is 35.0 Å². The smallest absolute Gasteiger partial charge is 0.198 e. The number of aromatic nitrogens is 1. The number of aryl methyl sites for hydroxylation is 2. The second kappa shape index (κ2) is 10.6. The summed E-state index contributed by atoms with van der Waals surface area (Å²) in [6.45, 7) is 14.0. The quantitative estimate of drug-likeness (QED) is 0.293. The molecule has 0 fully saturated rings. The van der Waals surface area contributed by atoms with Gasteiger partial charge in [-0.3, -0.25) is 5.41 Å². The number of hydrogen-bond acceptors (Lipinski definition) is 4. The van der Waals surface area contributed by atoms with Gasteiger partial charge < -0.3 is 20.5 Å². The van der Waals surface area contributed by atoms with E-state index < -0.39 is 5.60 Å². The molecule has 0 amide bonds. The molecule has 6 nitrogen and oxygen atoms in total. The van der Waals surface area contributed by atoms with Gasteiger partial charge in [-0.25, -0.2) is 4.99 Å². The zero-order valence-electron chi connectivity index (χ0n) is 22.1. The molecule has 2 atom stereocenters. The van der Waals surface area contributed by atoms with E-state index in [4.69, 9.17) is 5.41 Å². The molecule has 3 rings (SSSR count). The van der Waals surface area contributed by atoms with Crippen LogP contribution in [-0.4, -0.2) is 38.9 Å². The summed E-state index contributed by atoms with van der Waals surface area (Å²) in [7, 11) is 0. The van der Waals surface area contributed by atoms with E-state index in [9.17, 15) is 10.2 Å². The summed E-state index contributed by atoms with van der Waals surface area (Å²) < 4.78 is 0. The van der Waals surface area contributed by atoms with Gasteiger partial charge in [0, 0.05) is 34.8 Å². The van der Waals surface area contributed by atoms with Crippen LogP contribution in [0.3, 0.4) is 0 Å². The highest BCUT2D eigenvalue weighted by Crippen LogP contribution is 2.34. The molecular formula is C29H40N4O2. The van der Waals surface area contributed by atoms with Crippen molar-refractivity contribution in [2.45, 2.75) is 72.8 Å². The monoisotopic (exact) mass is 476 g/mol. The van der Waals surface area contributed by atoms with Crippen molar-refractivity contribution < 1.29 is 10.2 Å². The Hall–Kier alpha value is -3.12. The van der Waals surface area contributed by atoms with Crippen molar-refractivity contribution >= 4 is 23.7 Å². The van der Waals surface area contributed by atoms with Crippen LogP contribution in [0.4, 0.5) is 0 Å². The molecule has 2 aromatic rings. The van der Waals surface area contributed by atoms with Crippen LogP contribution in [0, 0.1) is 18.3 Å². The van der Waals surface area contributed by atoms with Crippen molar-refractivity contribution in [1.82, 2.24) is 10.3 Å². The zero-order valence-corrected chi connectivity index (χ0v) is 22.1. The van der Waals surface area contributed by atoms with Crippen LogP contribution < -0.4 is 15.9 Å². The van der Waals surface area contributed by atoms with E-state index in [0.717, 1.165) is 29.1 Å². The zero-order chi connectivity index (χ0) is 25.9. The van der Waals surface area contributed by atoms with E-state index in [1.165, 1.54) is 16.7 Å². The van der Waals surface area contributed by atoms with Crippen LogP contribution in [0.25, 0.3) is 12.2 Å². The number of aliphatic hydroxyl groups is 1. The summed E-state index contributed by atoms with van der Waals surface area (Å²) in [6.07, 6.45) is 8.09.